The largest absolute Gasteiger partial charge is 0.497 e. The first-order valence-electron chi connectivity index (χ1n) is 10.8. The SMILES string of the molecule is COc1ccc(C=C2N=C(SCC(=O)Nc3ccccc3)N(c3cc(C)cc(C)c3)C2=O)cc1. The van der Waals surface area contributed by atoms with Crippen LogP contribution in [0.25, 0.3) is 6.08 Å². The molecule has 0 radical (unpaired) electrons. The summed E-state index contributed by atoms with van der Waals surface area (Å²) in [5.74, 6) is 0.463. The minimum atomic E-state index is -0.230. The van der Waals surface area contributed by atoms with E-state index in [-0.39, 0.29) is 17.6 Å². The highest BCUT2D eigenvalue weighted by molar-refractivity contribution is 8.14. The lowest BCUT2D eigenvalue weighted by Gasteiger charge is -2.19. The van der Waals surface area contributed by atoms with Crippen LogP contribution in [0.2, 0.25) is 0 Å². The van der Waals surface area contributed by atoms with Crippen molar-refractivity contribution in [2.24, 2.45) is 4.99 Å². The number of nitrogens with one attached hydrogen (secondary N) is 1. The van der Waals surface area contributed by atoms with E-state index in [1.807, 2.05) is 80.6 Å². The number of para-hydroxylation sites is 1. The molecule has 0 saturated carbocycles. The van der Waals surface area contributed by atoms with Crippen molar-refractivity contribution in [2.75, 3.05) is 23.1 Å². The summed E-state index contributed by atoms with van der Waals surface area (Å²) >= 11 is 1.23. The van der Waals surface area contributed by atoms with Gasteiger partial charge in [-0.2, -0.15) is 0 Å². The van der Waals surface area contributed by atoms with Crippen LogP contribution in [0.1, 0.15) is 16.7 Å². The predicted octanol–water partition coefficient (Wildman–Crippen LogP) is 5.43. The summed E-state index contributed by atoms with van der Waals surface area (Å²) in [6.45, 7) is 3.98. The van der Waals surface area contributed by atoms with E-state index < -0.39 is 0 Å². The molecule has 0 unspecified atom stereocenters. The Morgan fingerprint density at radius 1 is 1.03 bits per heavy atom. The second-order valence-corrected chi connectivity index (χ2v) is 8.83. The van der Waals surface area contributed by atoms with Crippen LogP contribution in [0.5, 0.6) is 5.75 Å². The topological polar surface area (TPSA) is 71.0 Å². The zero-order valence-electron chi connectivity index (χ0n) is 19.2. The van der Waals surface area contributed by atoms with Gasteiger partial charge in [0.2, 0.25) is 5.91 Å². The van der Waals surface area contributed by atoms with Crippen molar-refractivity contribution in [3.63, 3.8) is 0 Å². The van der Waals surface area contributed by atoms with Crippen molar-refractivity contribution in [3.8, 4) is 5.75 Å². The number of benzene rings is 3. The van der Waals surface area contributed by atoms with E-state index in [2.05, 4.69) is 16.4 Å². The number of hydrogen-bond acceptors (Lipinski definition) is 5. The van der Waals surface area contributed by atoms with E-state index in [9.17, 15) is 9.59 Å². The van der Waals surface area contributed by atoms with Gasteiger partial charge in [-0.05, 0) is 73.0 Å². The standard InChI is InChI=1S/C27H25N3O3S/c1-18-13-19(2)15-22(14-18)30-26(32)24(16-20-9-11-23(33-3)12-10-20)29-27(30)34-17-25(31)28-21-7-5-4-6-8-21/h4-16H,17H2,1-3H3,(H,28,31). The van der Waals surface area contributed by atoms with Crippen molar-refractivity contribution in [3.05, 3.63) is 95.2 Å². The molecule has 0 spiro atoms. The van der Waals surface area contributed by atoms with Crippen molar-refractivity contribution in [1.82, 2.24) is 0 Å². The van der Waals surface area contributed by atoms with Crippen LogP contribution in [0.4, 0.5) is 11.4 Å². The van der Waals surface area contributed by atoms with Gasteiger partial charge >= 0.3 is 0 Å². The van der Waals surface area contributed by atoms with Gasteiger partial charge < -0.3 is 10.1 Å². The van der Waals surface area contributed by atoms with Gasteiger partial charge in [-0.1, -0.05) is 48.2 Å². The fourth-order valence-corrected chi connectivity index (χ4v) is 4.42. The van der Waals surface area contributed by atoms with Gasteiger partial charge in [0, 0.05) is 5.69 Å². The van der Waals surface area contributed by atoms with Crippen LogP contribution in [-0.4, -0.2) is 29.8 Å². The maximum absolute atomic E-state index is 13.4. The monoisotopic (exact) mass is 471 g/mol. The van der Waals surface area contributed by atoms with E-state index in [1.54, 1.807) is 18.1 Å². The zero-order valence-corrected chi connectivity index (χ0v) is 20.1. The molecule has 3 aromatic rings. The minimum Gasteiger partial charge on any atom is -0.497 e. The highest BCUT2D eigenvalue weighted by Crippen LogP contribution is 2.31. The predicted molar refractivity (Wildman–Crippen MR) is 139 cm³/mol. The van der Waals surface area contributed by atoms with Gasteiger partial charge in [0.05, 0.1) is 18.6 Å². The number of amidine groups is 1. The number of carbonyl (C=O) groups excluding carboxylic acids is 2. The Labute approximate surface area is 203 Å². The molecule has 34 heavy (non-hydrogen) atoms. The quantitative estimate of drug-likeness (QED) is 0.487. The molecule has 1 heterocycles. The fraction of sp³-hybridized carbons (Fsp3) is 0.148. The van der Waals surface area contributed by atoms with Crippen LogP contribution >= 0.6 is 11.8 Å². The maximum Gasteiger partial charge on any atom is 0.283 e. The Morgan fingerprint density at radius 3 is 2.35 bits per heavy atom. The molecule has 0 saturated heterocycles. The minimum absolute atomic E-state index is 0.123. The zero-order chi connectivity index (χ0) is 24.1. The first-order chi connectivity index (χ1) is 16.4. The Bertz CT molecular complexity index is 1250. The number of rotatable bonds is 6. The number of methoxy groups -OCH3 is 1. The van der Waals surface area contributed by atoms with Crippen LogP contribution in [0.3, 0.4) is 0 Å². The van der Waals surface area contributed by atoms with Crippen LogP contribution < -0.4 is 15.0 Å². The second-order valence-electron chi connectivity index (χ2n) is 7.89. The summed E-state index contributed by atoms with van der Waals surface area (Å²) in [6, 6.07) is 22.6. The van der Waals surface area contributed by atoms with Crippen molar-refractivity contribution in [1.29, 1.82) is 0 Å². The fourth-order valence-electron chi connectivity index (χ4n) is 3.61. The molecule has 0 atom stereocenters. The Kier molecular flexibility index (Phi) is 7.13. The molecule has 1 aliphatic rings. The Hall–Kier alpha value is -3.84. The van der Waals surface area contributed by atoms with Gasteiger partial charge in [0.1, 0.15) is 11.4 Å². The van der Waals surface area contributed by atoms with Crippen molar-refractivity contribution in [2.45, 2.75) is 13.8 Å². The summed E-state index contributed by atoms with van der Waals surface area (Å²) in [6.07, 6.45) is 1.75. The molecule has 0 bridgehead atoms. The molecule has 0 aromatic heterocycles. The number of anilines is 2. The molecule has 4 rings (SSSR count). The summed E-state index contributed by atoms with van der Waals surface area (Å²) in [7, 11) is 1.61. The van der Waals surface area contributed by atoms with Crippen molar-refractivity contribution >= 4 is 46.2 Å². The molecule has 172 valence electrons. The van der Waals surface area contributed by atoms with Crippen LogP contribution in [0.15, 0.2) is 83.5 Å². The number of thioether (sulfide) groups is 1. The lowest BCUT2D eigenvalue weighted by molar-refractivity contribution is -0.114. The van der Waals surface area contributed by atoms with Gasteiger partial charge in [-0.25, -0.2) is 4.99 Å². The third-order valence-electron chi connectivity index (χ3n) is 5.10. The van der Waals surface area contributed by atoms with E-state index in [0.29, 0.717) is 10.9 Å². The smallest absolute Gasteiger partial charge is 0.283 e. The number of hydrogen-bond donors (Lipinski definition) is 1. The van der Waals surface area contributed by atoms with Gasteiger partial charge in [0.15, 0.2) is 5.17 Å². The molecule has 1 N–H and O–H groups in total. The second kappa shape index (κ2) is 10.4. The van der Waals surface area contributed by atoms with Gasteiger partial charge in [0.25, 0.3) is 5.91 Å². The summed E-state index contributed by atoms with van der Waals surface area (Å²) in [5, 5.41) is 3.34. The molecule has 2 amide bonds. The van der Waals surface area contributed by atoms with Crippen molar-refractivity contribution < 1.29 is 14.3 Å². The summed E-state index contributed by atoms with van der Waals surface area (Å²) < 4.78 is 5.21. The molecular formula is C27H25N3O3S. The normalized spacial score (nSPS) is 14.3. The van der Waals surface area contributed by atoms with Crippen LogP contribution in [-0.2, 0) is 9.59 Å². The number of aryl methyl sites for hydroxylation is 2. The van der Waals surface area contributed by atoms with E-state index in [1.165, 1.54) is 11.8 Å². The number of nitrogens with zero attached hydrogens (tertiary/aromatic N) is 2. The average Bonchev–Trinajstić information content (AvgIpc) is 3.13. The van der Waals surface area contributed by atoms with Gasteiger partial charge in [-0.3, -0.25) is 14.5 Å². The highest BCUT2D eigenvalue weighted by Gasteiger charge is 2.32. The lowest BCUT2D eigenvalue weighted by Crippen LogP contribution is -2.31. The molecule has 6 nitrogen and oxygen atoms in total. The number of carbonyl (C=O) groups is 2. The van der Waals surface area contributed by atoms with E-state index in [0.717, 1.165) is 33.8 Å². The third kappa shape index (κ3) is 5.55. The lowest BCUT2D eigenvalue weighted by atomic mass is 10.1. The molecule has 3 aromatic carbocycles. The molecule has 7 heteroatoms. The highest BCUT2D eigenvalue weighted by atomic mass is 32.2. The number of ether oxygens (including phenoxy) is 1. The number of amides is 2. The molecule has 0 fully saturated rings. The van der Waals surface area contributed by atoms with Crippen LogP contribution in [0, 0.1) is 13.8 Å². The third-order valence-corrected chi connectivity index (χ3v) is 6.04. The van der Waals surface area contributed by atoms with E-state index in [4.69, 9.17) is 4.74 Å². The first kappa shape index (κ1) is 23.3. The number of aliphatic imine (C=N–C) groups is 1. The maximum atomic E-state index is 13.4. The van der Waals surface area contributed by atoms with E-state index >= 15 is 0 Å². The Morgan fingerprint density at radius 2 is 1.71 bits per heavy atom. The summed E-state index contributed by atoms with van der Waals surface area (Å²) in [5.41, 5.74) is 4.69. The molecule has 1 aliphatic heterocycles. The summed E-state index contributed by atoms with van der Waals surface area (Å²) in [4.78, 5) is 32.1. The molecular weight excluding hydrogens is 446 g/mol. The Balaban J connectivity index is 1.60. The molecule has 0 aliphatic carbocycles. The average molecular weight is 472 g/mol. The van der Waals surface area contributed by atoms with Gasteiger partial charge in [-0.15, -0.1) is 0 Å². The first-order valence-corrected chi connectivity index (χ1v) is 11.8.